The van der Waals surface area contributed by atoms with Gasteiger partial charge in [0.05, 0.1) is 24.0 Å². The molecular weight excluding hydrogens is 274 g/mol. The molecule has 0 saturated heterocycles. The SMILES string of the molecule is CCn1c(CNC(=O)Cc2ccccc2)nc2ccccc21. The van der Waals surface area contributed by atoms with Crippen molar-refractivity contribution in [2.24, 2.45) is 0 Å². The number of aryl methyl sites for hydroxylation is 1. The van der Waals surface area contributed by atoms with Crippen LogP contribution in [0.15, 0.2) is 54.6 Å². The van der Waals surface area contributed by atoms with E-state index in [0.717, 1.165) is 29.0 Å². The smallest absolute Gasteiger partial charge is 0.224 e. The molecule has 3 aromatic rings. The average Bonchev–Trinajstić information content (AvgIpc) is 2.91. The monoisotopic (exact) mass is 293 g/mol. The van der Waals surface area contributed by atoms with Crippen LogP contribution >= 0.6 is 0 Å². The van der Waals surface area contributed by atoms with E-state index in [2.05, 4.69) is 27.9 Å². The summed E-state index contributed by atoms with van der Waals surface area (Å²) in [6.45, 7) is 3.38. The summed E-state index contributed by atoms with van der Waals surface area (Å²) in [6, 6.07) is 17.8. The minimum Gasteiger partial charge on any atom is -0.349 e. The molecule has 22 heavy (non-hydrogen) atoms. The first-order chi connectivity index (χ1) is 10.8. The van der Waals surface area contributed by atoms with Crippen LogP contribution in [0, 0.1) is 0 Å². The molecule has 3 rings (SSSR count). The second-order valence-corrected chi connectivity index (χ2v) is 5.20. The Morgan fingerprint density at radius 1 is 1.09 bits per heavy atom. The standard InChI is InChI=1S/C18H19N3O/c1-2-21-16-11-7-6-10-15(16)20-17(21)13-19-18(22)12-14-8-4-3-5-9-14/h3-11H,2,12-13H2,1H3,(H,19,22). The zero-order valence-corrected chi connectivity index (χ0v) is 12.6. The van der Waals surface area contributed by atoms with Crippen LogP contribution in [0.25, 0.3) is 11.0 Å². The predicted octanol–water partition coefficient (Wildman–Crippen LogP) is 2.92. The van der Waals surface area contributed by atoms with Gasteiger partial charge in [0.1, 0.15) is 5.82 Å². The minimum absolute atomic E-state index is 0.0147. The first-order valence-electron chi connectivity index (χ1n) is 7.52. The van der Waals surface area contributed by atoms with Gasteiger partial charge < -0.3 is 9.88 Å². The molecule has 0 unspecified atom stereocenters. The molecule has 0 bridgehead atoms. The van der Waals surface area contributed by atoms with Gasteiger partial charge in [-0.3, -0.25) is 4.79 Å². The predicted molar refractivity (Wildman–Crippen MR) is 87.4 cm³/mol. The van der Waals surface area contributed by atoms with Crippen LogP contribution in [0.4, 0.5) is 0 Å². The van der Waals surface area contributed by atoms with E-state index in [1.54, 1.807) is 0 Å². The number of imidazole rings is 1. The van der Waals surface area contributed by atoms with Crippen molar-refractivity contribution in [2.75, 3.05) is 0 Å². The van der Waals surface area contributed by atoms with Crippen molar-refractivity contribution in [1.29, 1.82) is 0 Å². The fourth-order valence-corrected chi connectivity index (χ4v) is 2.63. The number of rotatable bonds is 5. The van der Waals surface area contributed by atoms with Gasteiger partial charge in [0.25, 0.3) is 0 Å². The molecule has 4 nitrogen and oxygen atoms in total. The lowest BCUT2D eigenvalue weighted by atomic mass is 10.1. The van der Waals surface area contributed by atoms with Crippen LogP contribution in [0.5, 0.6) is 0 Å². The van der Waals surface area contributed by atoms with Gasteiger partial charge in [0.15, 0.2) is 0 Å². The normalized spacial score (nSPS) is 10.8. The molecule has 0 saturated carbocycles. The Morgan fingerprint density at radius 2 is 1.82 bits per heavy atom. The highest BCUT2D eigenvalue weighted by Gasteiger charge is 2.10. The van der Waals surface area contributed by atoms with E-state index < -0.39 is 0 Å². The van der Waals surface area contributed by atoms with Crippen molar-refractivity contribution < 1.29 is 4.79 Å². The van der Waals surface area contributed by atoms with Crippen LogP contribution in [0.3, 0.4) is 0 Å². The summed E-state index contributed by atoms with van der Waals surface area (Å²) in [5, 5.41) is 2.96. The van der Waals surface area contributed by atoms with Crippen molar-refractivity contribution in [3.05, 3.63) is 66.0 Å². The van der Waals surface area contributed by atoms with Crippen LogP contribution in [0.1, 0.15) is 18.3 Å². The fourth-order valence-electron chi connectivity index (χ4n) is 2.63. The number of benzene rings is 2. The summed E-state index contributed by atoms with van der Waals surface area (Å²) < 4.78 is 2.14. The highest BCUT2D eigenvalue weighted by atomic mass is 16.1. The molecular formula is C18H19N3O. The van der Waals surface area contributed by atoms with E-state index in [1.807, 2.05) is 48.5 Å². The molecule has 4 heteroatoms. The molecule has 0 atom stereocenters. The van der Waals surface area contributed by atoms with Gasteiger partial charge in [-0.15, -0.1) is 0 Å². The van der Waals surface area contributed by atoms with E-state index in [0.29, 0.717) is 13.0 Å². The second kappa shape index (κ2) is 6.43. The van der Waals surface area contributed by atoms with Gasteiger partial charge in [-0.1, -0.05) is 42.5 Å². The fraction of sp³-hybridized carbons (Fsp3) is 0.222. The van der Waals surface area contributed by atoms with E-state index in [1.165, 1.54) is 0 Å². The number of hydrogen-bond acceptors (Lipinski definition) is 2. The Morgan fingerprint density at radius 3 is 2.59 bits per heavy atom. The van der Waals surface area contributed by atoms with Crippen molar-refractivity contribution in [3.8, 4) is 0 Å². The van der Waals surface area contributed by atoms with Crippen molar-refractivity contribution in [1.82, 2.24) is 14.9 Å². The van der Waals surface area contributed by atoms with E-state index >= 15 is 0 Å². The van der Waals surface area contributed by atoms with Gasteiger partial charge >= 0.3 is 0 Å². The molecule has 0 aliphatic heterocycles. The number of fused-ring (bicyclic) bond motifs is 1. The quantitative estimate of drug-likeness (QED) is 0.786. The van der Waals surface area contributed by atoms with E-state index in [-0.39, 0.29) is 5.91 Å². The summed E-state index contributed by atoms with van der Waals surface area (Å²) >= 11 is 0. The zero-order chi connectivity index (χ0) is 15.4. The summed E-state index contributed by atoms with van der Waals surface area (Å²) in [6.07, 6.45) is 0.396. The second-order valence-electron chi connectivity index (χ2n) is 5.20. The Bertz CT molecular complexity index is 777. The number of para-hydroxylation sites is 2. The molecule has 0 spiro atoms. The van der Waals surface area contributed by atoms with Gasteiger partial charge in [-0.2, -0.15) is 0 Å². The molecule has 112 valence electrons. The third-order valence-electron chi connectivity index (χ3n) is 3.70. The molecule has 0 aliphatic carbocycles. The Labute approximate surface area is 129 Å². The van der Waals surface area contributed by atoms with Gasteiger partial charge in [-0.05, 0) is 24.6 Å². The number of carbonyl (C=O) groups excluding carboxylic acids is 1. The van der Waals surface area contributed by atoms with Crippen molar-refractivity contribution in [3.63, 3.8) is 0 Å². The number of nitrogens with one attached hydrogen (secondary N) is 1. The number of carbonyl (C=O) groups is 1. The molecule has 1 aromatic heterocycles. The lowest BCUT2D eigenvalue weighted by Gasteiger charge is -2.08. The van der Waals surface area contributed by atoms with Crippen LogP contribution in [-0.4, -0.2) is 15.5 Å². The Kier molecular flexibility index (Phi) is 4.19. The number of amides is 1. The molecule has 2 aromatic carbocycles. The molecule has 1 amide bonds. The topological polar surface area (TPSA) is 46.9 Å². The van der Waals surface area contributed by atoms with Gasteiger partial charge in [0, 0.05) is 6.54 Å². The van der Waals surface area contributed by atoms with Crippen molar-refractivity contribution >= 4 is 16.9 Å². The highest BCUT2D eigenvalue weighted by Crippen LogP contribution is 2.15. The summed E-state index contributed by atoms with van der Waals surface area (Å²) in [4.78, 5) is 16.7. The maximum absolute atomic E-state index is 12.1. The molecule has 0 radical (unpaired) electrons. The Hall–Kier alpha value is -2.62. The third kappa shape index (κ3) is 3.01. The zero-order valence-electron chi connectivity index (χ0n) is 12.6. The highest BCUT2D eigenvalue weighted by molar-refractivity contribution is 5.79. The molecule has 1 heterocycles. The van der Waals surface area contributed by atoms with Crippen LogP contribution < -0.4 is 5.32 Å². The maximum atomic E-state index is 12.1. The van der Waals surface area contributed by atoms with Crippen molar-refractivity contribution in [2.45, 2.75) is 26.4 Å². The largest absolute Gasteiger partial charge is 0.349 e. The summed E-state index contributed by atoms with van der Waals surface area (Å²) in [5.41, 5.74) is 3.10. The van der Waals surface area contributed by atoms with Crippen LogP contribution in [-0.2, 0) is 24.3 Å². The lowest BCUT2D eigenvalue weighted by Crippen LogP contribution is -2.26. The number of aromatic nitrogens is 2. The molecule has 0 aliphatic rings. The number of nitrogens with zero attached hydrogens (tertiary/aromatic N) is 2. The minimum atomic E-state index is 0.0147. The lowest BCUT2D eigenvalue weighted by molar-refractivity contribution is -0.120. The van der Waals surface area contributed by atoms with E-state index in [9.17, 15) is 4.79 Å². The summed E-state index contributed by atoms with van der Waals surface area (Å²) in [5.74, 6) is 0.908. The van der Waals surface area contributed by atoms with Crippen LogP contribution in [0.2, 0.25) is 0 Å². The van der Waals surface area contributed by atoms with Gasteiger partial charge in [0.2, 0.25) is 5.91 Å². The third-order valence-corrected chi connectivity index (χ3v) is 3.70. The first kappa shape index (κ1) is 14.3. The average molecular weight is 293 g/mol. The first-order valence-corrected chi connectivity index (χ1v) is 7.52. The van der Waals surface area contributed by atoms with Gasteiger partial charge in [-0.25, -0.2) is 4.98 Å². The molecule has 0 fully saturated rings. The maximum Gasteiger partial charge on any atom is 0.224 e. The molecule has 1 N–H and O–H groups in total. The Balaban J connectivity index is 1.70. The summed E-state index contributed by atoms with van der Waals surface area (Å²) in [7, 11) is 0. The number of hydrogen-bond donors (Lipinski definition) is 1. The van der Waals surface area contributed by atoms with E-state index in [4.69, 9.17) is 0 Å².